The zero-order valence-electron chi connectivity index (χ0n) is 33.6. The molecule has 0 spiro atoms. The van der Waals surface area contributed by atoms with Gasteiger partial charge in [-0.25, -0.2) is 9.59 Å². The number of esters is 2. The Morgan fingerprint density at radius 2 is 1.02 bits per heavy atom. The molecule has 0 saturated carbocycles. The first-order valence-corrected chi connectivity index (χ1v) is 19.9. The van der Waals surface area contributed by atoms with Crippen molar-refractivity contribution in [2.45, 2.75) is 44.9 Å². The minimum Gasteiger partial charge on any atom is -0.493 e. The summed E-state index contributed by atoms with van der Waals surface area (Å²) in [6, 6.07) is 38.4. The second-order valence-electron chi connectivity index (χ2n) is 16.2. The second-order valence-corrected chi connectivity index (χ2v) is 16.2. The van der Waals surface area contributed by atoms with Crippen LogP contribution in [0.5, 0.6) is 11.5 Å². The number of carbonyl (C=O) groups is 2. The van der Waals surface area contributed by atoms with Crippen LogP contribution in [0.3, 0.4) is 0 Å². The summed E-state index contributed by atoms with van der Waals surface area (Å²) < 4.78 is 29.7. The van der Waals surface area contributed by atoms with E-state index in [1.165, 1.54) is 44.5 Å². The molecule has 7 aromatic rings. The molecule has 0 radical (unpaired) electrons. The largest absolute Gasteiger partial charge is 0.493 e. The molecule has 0 fully saturated rings. The molecule has 0 amide bonds. The Labute approximate surface area is 343 Å². The van der Waals surface area contributed by atoms with Gasteiger partial charge in [0.05, 0.1) is 13.2 Å². The number of rotatable bonds is 12. The Morgan fingerprint density at radius 1 is 0.542 bits per heavy atom. The summed E-state index contributed by atoms with van der Waals surface area (Å²) in [5, 5.41) is 1.80. The fourth-order valence-electron chi connectivity index (χ4n) is 8.95. The summed E-state index contributed by atoms with van der Waals surface area (Å²) >= 11 is 0. The van der Waals surface area contributed by atoms with Gasteiger partial charge in [0, 0.05) is 63.4 Å². The highest BCUT2D eigenvalue weighted by molar-refractivity contribution is 6.09. The Kier molecular flexibility index (Phi) is 9.27. The van der Waals surface area contributed by atoms with Crippen molar-refractivity contribution in [2.75, 3.05) is 20.0 Å². The van der Waals surface area contributed by atoms with Gasteiger partial charge in [0.1, 0.15) is 22.7 Å². The highest BCUT2D eigenvalue weighted by atomic mass is 16.7. The molecule has 0 atom stereocenters. The zero-order valence-corrected chi connectivity index (χ0v) is 33.6. The SMILES string of the molecule is C=CC(=O)OCCCOc1cc2oc3cc(OCOC(=O)C=C)c(-c4ccc5c(c4)C(C)(C)c4ccccc4-5)cc3c2cc1-c1ccc2c(c1)C(C)(C)c1ccccc1-2. The first kappa shape index (κ1) is 37.7. The van der Waals surface area contributed by atoms with Crippen LogP contribution in [0.1, 0.15) is 56.4 Å². The van der Waals surface area contributed by atoms with Crippen LogP contribution >= 0.6 is 0 Å². The number of carbonyl (C=O) groups excluding carboxylic acids is 2. The Hall–Kier alpha value is -6.86. The molecule has 6 aromatic carbocycles. The quantitative estimate of drug-likeness (QED) is 0.0528. The lowest BCUT2D eigenvalue weighted by atomic mass is 9.81. The van der Waals surface area contributed by atoms with E-state index in [2.05, 4.69) is 138 Å². The molecule has 59 heavy (non-hydrogen) atoms. The topological polar surface area (TPSA) is 84.2 Å². The van der Waals surface area contributed by atoms with Gasteiger partial charge in [0.2, 0.25) is 6.79 Å². The van der Waals surface area contributed by atoms with Crippen LogP contribution in [0.4, 0.5) is 0 Å². The van der Waals surface area contributed by atoms with E-state index in [1.54, 1.807) is 0 Å². The Morgan fingerprint density at radius 3 is 1.54 bits per heavy atom. The summed E-state index contributed by atoms with van der Waals surface area (Å²) in [5.41, 5.74) is 14.6. The monoisotopic (exact) mass is 780 g/mol. The standard InChI is InChI=1S/C52H44O7/c1-7-49(53)56-23-13-22-55-45-28-47-39(26-37(45)31-18-20-35-33-14-9-11-16-41(33)51(3,4)43(35)24-31)40-27-38(46(29-48(40)59-47)57-30-58-50(54)8-2)32-19-21-36-34-15-10-12-17-42(34)52(5,6)44(36)25-32/h7-12,14-21,24-29H,1-2,13,22-23,30H2,3-6H3. The van der Waals surface area contributed by atoms with Crippen LogP contribution in [0.25, 0.3) is 66.4 Å². The summed E-state index contributed by atoms with van der Waals surface area (Å²) in [6.07, 6.45) is 2.76. The number of hydrogen-bond acceptors (Lipinski definition) is 7. The second kappa shape index (κ2) is 14.5. The third-order valence-electron chi connectivity index (χ3n) is 12.0. The van der Waals surface area contributed by atoms with Gasteiger partial charge >= 0.3 is 11.9 Å². The maximum Gasteiger partial charge on any atom is 0.333 e. The molecule has 2 aliphatic carbocycles. The number of fused-ring (bicyclic) bond motifs is 9. The maximum absolute atomic E-state index is 12.0. The maximum atomic E-state index is 12.0. The minimum absolute atomic E-state index is 0.193. The molecule has 9 rings (SSSR count). The first-order chi connectivity index (χ1) is 28.5. The molecular weight excluding hydrogens is 737 g/mol. The number of furan rings is 1. The van der Waals surface area contributed by atoms with E-state index >= 15 is 0 Å². The molecule has 1 aromatic heterocycles. The molecule has 0 bridgehead atoms. The number of benzene rings is 6. The molecule has 294 valence electrons. The van der Waals surface area contributed by atoms with Gasteiger partial charge in [0.15, 0.2) is 0 Å². The van der Waals surface area contributed by atoms with Gasteiger partial charge < -0.3 is 23.4 Å². The predicted octanol–water partition coefficient (Wildman–Crippen LogP) is 12.1. The predicted molar refractivity (Wildman–Crippen MR) is 233 cm³/mol. The summed E-state index contributed by atoms with van der Waals surface area (Å²) in [6.45, 7) is 16.3. The molecule has 0 unspecified atom stereocenters. The third-order valence-corrected chi connectivity index (χ3v) is 12.0. The van der Waals surface area contributed by atoms with E-state index in [1.807, 2.05) is 12.1 Å². The molecule has 7 nitrogen and oxygen atoms in total. The van der Waals surface area contributed by atoms with Gasteiger partial charge in [-0.05, 0) is 79.9 Å². The van der Waals surface area contributed by atoms with Crippen molar-refractivity contribution in [1.82, 2.24) is 0 Å². The highest BCUT2D eigenvalue weighted by Gasteiger charge is 2.37. The zero-order chi connectivity index (χ0) is 41.1. The highest BCUT2D eigenvalue weighted by Crippen LogP contribution is 2.52. The fourth-order valence-corrected chi connectivity index (χ4v) is 8.95. The van der Waals surface area contributed by atoms with Crippen molar-refractivity contribution >= 4 is 33.9 Å². The van der Waals surface area contributed by atoms with Crippen molar-refractivity contribution in [1.29, 1.82) is 0 Å². The lowest BCUT2D eigenvalue weighted by Crippen LogP contribution is -2.15. The van der Waals surface area contributed by atoms with Crippen LogP contribution < -0.4 is 9.47 Å². The summed E-state index contributed by atoms with van der Waals surface area (Å²) in [4.78, 5) is 23.7. The van der Waals surface area contributed by atoms with Crippen molar-refractivity contribution in [2.24, 2.45) is 0 Å². The van der Waals surface area contributed by atoms with E-state index in [9.17, 15) is 9.59 Å². The molecule has 0 saturated heterocycles. The van der Waals surface area contributed by atoms with Crippen LogP contribution in [0.15, 0.2) is 139 Å². The van der Waals surface area contributed by atoms with Gasteiger partial charge in [-0.1, -0.05) is 114 Å². The average molecular weight is 781 g/mol. The van der Waals surface area contributed by atoms with Crippen LogP contribution in [-0.2, 0) is 29.9 Å². The lowest BCUT2D eigenvalue weighted by Gasteiger charge is -2.22. The van der Waals surface area contributed by atoms with Crippen LogP contribution in [0, 0.1) is 0 Å². The molecule has 0 aliphatic heterocycles. The molecule has 2 aliphatic rings. The van der Waals surface area contributed by atoms with Crippen molar-refractivity contribution < 1.29 is 33.0 Å². The van der Waals surface area contributed by atoms with E-state index in [-0.39, 0.29) is 24.2 Å². The summed E-state index contributed by atoms with van der Waals surface area (Å²) in [5.74, 6) is 0.110. The van der Waals surface area contributed by atoms with E-state index in [0.29, 0.717) is 35.7 Å². The van der Waals surface area contributed by atoms with Crippen LogP contribution in [-0.4, -0.2) is 31.9 Å². The lowest BCUT2D eigenvalue weighted by molar-refractivity contribution is -0.144. The Bertz CT molecular complexity index is 2870. The minimum atomic E-state index is -0.578. The average Bonchev–Trinajstić information content (AvgIpc) is 3.80. The first-order valence-electron chi connectivity index (χ1n) is 19.9. The Balaban J connectivity index is 1.18. The van der Waals surface area contributed by atoms with Crippen molar-refractivity contribution in [3.8, 4) is 56.0 Å². The molecule has 7 heteroatoms. The van der Waals surface area contributed by atoms with Gasteiger partial charge in [-0.2, -0.15) is 0 Å². The van der Waals surface area contributed by atoms with Crippen molar-refractivity contribution in [3.05, 3.63) is 157 Å². The normalized spacial score (nSPS) is 13.9. The van der Waals surface area contributed by atoms with E-state index in [0.717, 1.165) is 45.2 Å². The number of ether oxygens (including phenoxy) is 4. The van der Waals surface area contributed by atoms with Gasteiger partial charge in [0.25, 0.3) is 0 Å². The van der Waals surface area contributed by atoms with Crippen LogP contribution in [0.2, 0.25) is 0 Å². The van der Waals surface area contributed by atoms with Crippen molar-refractivity contribution in [3.63, 3.8) is 0 Å². The molecule has 0 N–H and O–H groups in total. The van der Waals surface area contributed by atoms with Gasteiger partial charge in [-0.3, -0.25) is 0 Å². The van der Waals surface area contributed by atoms with Gasteiger partial charge in [-0.15, -0.1) is 0 Å². The smallest absolute Gasteiger partial charge is 0.333 e. The molecular formula is C52H44O7. The van der Waals surface area contributed by atoms with E-state index in [4.69, 9.17) is 23.4 Å². The van der Waals surface area contributed by atoms with E-state index < -0.39 is 11.9 Å². The fraction of sp³-hybridized carbons (Fsp3) is 0.192. The molecule has 1 heterocycles. The third kappa shape index (κ3) is 6.38. The summed E-state index contributed by atoms with van der Waals surface area (Å²) in [7, 11) is 0. The number of hydrogen-bond donors (Lipinski definition) is 0.